The second kappa shape index (κ2) is 12.6. The number of halogens is 1. The van der Waals surface area contributed by atoms with E-state index in [0.717, 1.165) is 41.0 Å². The normalized spacial score (nSPS) is 14.6. The van der Waals surface area contributed by atoms with Crippen LogP contribution in [0, 0.1) is 13.8 Å². The first-order chi connectivity index (χ1) is 17.3. The Labute approximate surface area is 229 Å². The van der Waals surface area contributed by atoms with E-state index in [4.69, 9.17) is 9.72 Å². The SMILES string of the molecule is CCN(CC)CCN(C(=O)c1ccc(S(=O)(=O)N2CCOCC2)cc1)c1nc2c(C)c(C)ccc2s1.Cl. The molecule has 0 atom stereocenters. The zero-order chi connectivity index (χ0) is 25.9. The highest BCUT2D eigenvalue weighted by atomic mass is 35.5. The average Bonchev–Trinajstić information content (AvgIpc) is 3.34. The Morgan fingerprint density at radius 1 is 1.03 bits per heavy atom. The summed E-state index contributed by atoms with van der Waals surface area (Å²) in [6.45, 7) is 12.8. The topological polar surface area (TPSA) is 83.1 Å². The van der Waals surface area contributed by atoms with E-state index in [1.165, 1.54) is 27.8 Å². The third-order valence-electron chi connectivity index (χ3n) is 6.79. The number of likely N-dealkylation sites (N-methyl/N-ethyl adjacent to an activating group) is 1. The van der Waals surface area contributed by atoms with E-state index in [9.17, 15) is 13.2 Å². The molecule has 0 unspecified atom stereocenters. The number of fused-ring (bicyclic) bond motifs is 1. The Bertz CT molecular complexity index is 1320. The Balaban J connectivity index is 0.00000380. The maximum absolute atomic E-state index is 13.7. The fraction of sp³-hybridized carbons (Fsp3) is 0.462. The lowest BCUT2D eigenvalue weighted by Crippen LogP contribution is -2.40. The number of amides is 1. The summed E-state index contributed by atoms with van der Waals surface area (Å²) < 4.78 is 33.7. The Morgan fingerprint density at radius 3 is 2.30 bits per heavy atom. The Kier molecular flexibility index (Phi) is 10.1. The van der Waals surface area contributed by atoms with Crippen LogP contribution in [0.2, 0.25) is 0 Å². The predicted octanol–water partition coefficient (Wildman–Crippen LogP) is 4.34. The Hall–Kier alpha value is -2.08. The van der Waals surface area contributed by atoms with Crippen molar-refractivity contribution in [3.63, 3.8) is 0 Å². The van der Waals surface area contributed by atoms with Crippen LogP contribution in [0.4, 0.5) is 5.13 Å². The van der Waals surface area contributed by atoms with Gasteiger partial charge in [0.2, 0.25) is 10.0 Å². The van der Waals surface area contributed by atoms with Crippen molar-refractivity contribution in [3.8, 4) is 0 Å². The van der Waals surface area contributed by atoms with Gasteiger partial charge in [-0.25, -0.2) is 13.4 Å². The molecule has 2 heterocycles. The number of nitrogens with zero attached hydrogens (tertiary/aromatic N) is 4. The number of benzene rings is 2. The molecule has 8 nitrogen and oxygen atoms in total. The molecule has 0 aliphatic carbocycles. The molecule has 4 rings (SSSR count). The fourth-order valence-corrected chi connectivity index (χ4v) is 6.71. The number of aromatic nitrogens is 1. The molecule has 202 valence electrons. The number of sulfonamides is 1. The Morgan fingerprint density at radius 2 is 1.68 bits per heavy atom. The van der Waals surface area contributed by atoms with Gasteiger partial charge in [0.05, 0.1) is 28.3 Å². The molecule has 1 aliphatic heterocycles. The largest absolute Gasteiger partial charge is 0.379 e. The highest BCUT2D eigenvalue weighted by molar-refractivity contribution is 7.89. The van der Waals surface area contributed by atoms with Crippen LogP contribution in [0.5, 0.6) is 0 Å². The number of rotatable bonds is 9. The summed E-state index contributed by atoms with van der Waals surface area (Å²) >= 11 is 1.51. The number of carbonyl (C=O) groups excluding carboxylic acids is 1. The predicted molar refractivity (Wildman–Crippen MR) is 152 cm³/mol. The average molecular weight is 567 g/mol. The minimum absolute atomic E-state index is 0. The summed E-state index contributed by atoms with van der Waals surface area (Å²) in [6, 6.07) is 10.4. The molecule has 1 saturated heterocycles. The number of thiazole rings is 1. The fourth-order valence-electron chi connectivity index (χ4n) is 4.26. The highest BCUT2D eigenvalue weighted by Gasteiger charge is 2.27. The van der Waals surface area contributed by atoms with Crippen LogP contribution in [-0.2, 0) is 14.8 Å². The van der Waals surface area contributed by atoms with E-state index in [-0.39, 0.29) is 23.2 Å². The molecular formula is C26H35ClN4O4S2. The van der Waals surface area contributed by atoms with E-state index < -0.39 is 10.0 Å². The molecule has 0 bridgehead atoms. The lowest BCUT2D eigenvalue weighted by Gasteiger charge is -2.26. The van der Waals surface area contributed by atoms with Gasteiger partial charge < -0.3 is 9.64 Å². The molecule has 1 aliphatic rings. The van der Waals surface area contributed by atoms with Crippen LogP contribution < -0.4 is 4.90 Å². The van der Waals surface area contributed by atoms with Crippen molar-refractivity contribution in [1.82, 2.24) is 14.2 Å². The molecule has 1 aromatic heterocycles. The first-order valence-electron chi connectivity index (χ1n) is 12.3. The minimum atomic E-state index is -3.62. The van der Waals surface area contributed by atoms with Crippen molar-refractivity contribution < 1.29 is 17.9 Å². The molecule has 37 heavy (non-hydrogen) atoms. The van der Waals surface area contributed by atoms with Gasteiger partial charge in [0.1, 0.15) is 0 Å². The van der Waals surface area contributed by atoms with Gasteiger partial charge in [-0.3, -0.25) is 9.69 Å². The molecule has 0 N–H and O–H groups in total. The van der Waals surface area contributed by atoms with Crippen molar-refractivity contribution in [2.45, 2.75) is 32.6 Å². The highest BCUT2D eigenvalue weighted by Crippen LogP contribution is 2.32. The van der Waals surface area contributed by atoms with Crippen molar-refractivity contribution in [2.24, 2.45) is 0 Å². The zero-order valence-electron chi connectivity index (χ0n) is 21.8. The first-order valence-corrected chi connectivity index (χ1v) is 14.6. The molecule has 0 saturated carbocycles. The number of aryl methyl sites for hydroxylation is 2. The zero-order valence-corrected chi connectivity index (χ0v) is 24.2. The van der Waals surface area contributed by atoms with Crippen LogP contribution in [0.15, 0.2) is 41.3 Å². The molecule has 3 aromatic rings. The third-order valence-corrected chi connectivity index (χ3v) is 9.75. The lowest BCUT2D eigenvalue weighted by molar-refractivity contribution is 0.0730. The van der Waals surface area contributed by atoms with Crippen LogP contribution in [0.1, 0.15) is 35.3 Å². The second-order valence-corrected chi connectivity index (χ2v) is 11.8. The van der Waals surface area contributed by atoms with Crippen LogP contribution in [0.25, 0.3) is 10.2 Å². The van der Waals surface area contributed by atoms with Gasteiger partial charge in [-0.05, 0) is 68.4 Å². The van der Waals surface area contributed by atoms with Gasteiger partial charge in [0, 0.05) is 31.7 Å². The molecule has 2 aromatic carbocycles. The number of morpholine rings is 1. The van der Waals surface area contributed by atoms with Crippen molar-refractivity contribution in [3.05, 3.63) is 53.1 Å². The quantitative estimate of drug-likeness (QED) is 0.383. The maximum Gasteiger partial charge on any atom is 0.260 e. The number of hydrogen-bond donors (Lipinski definition) is 0. The third kappa shape index (κ3) is 6.32. The van der Waals surface area contributed by atoms with E-state index in [1.54, 1.807) is 17.0 Å². The molecule has 0 radical (unpaired) electrons. The van der Waals surface area contributed by atoms with Crippen LogP contribution in [-0.4, -0.2) is 81.0 Å². The van der Waals surface area contributed by atoms with Gasteiger partial charge in [-0.2, -0.15) is 4.31 Å². The summed E-state index contributed by atoms with van der Waals surface area (Å²) in [6.07, 6.45) is 0. The molecule has 0 spiro atoms. The van der Waals surface area contributed by atoms with Gasteiger partial charge in [0.15, 0.2) is 5.13 Å². The molecule has 1 amide bonds. The van der Waals surface area contributed by atoms with Gasteiger partial charge in [-0.15, -0.1) is 12.4 Å². The standard InChI is InChI=1S/C26H34N4O4S2.ClH/c1-5-28(6-2)13-14-30(26-27-24-20(4)19(3)7-12-23(24)35-26)25(31)21-8-10-22(11-9-21)36(32,33)29-15-17-34-18-16-29;/h7-12H,5-6,13-18H2,1-4H3;1H. The summed E-state index contributed by atoms with van der Waals surface area (Å²) in [5.41, 5.74) is 3.63. The van der Waals surface area contributed by atoms with E-state index >= 15 is 0 Å². The summed E-state index contributed by atoms with van der Waals surface area (Å²) in [5.74, 6) is -0.189. The number of anilines is 1. The van der Waals surface area contributed by atoms with Crippen LogP contribution in [0.3, 0.4) is 0 Å². The number of carbonyl (C=O) groups is 1. The van der Waals surface area contributed by atoms with Crippen LogP contribution >= 0.6 is 23.7 Å². The number of hydrogen-bond acceptors (Lipinski definition) is 7. The maximum atomic E-state index is 13.7. The van der Waals surface area contributed by atoms with Gasteiger partial charge in [0.25, 0.3) is 5.91 Å². The monoisotopic (exact) mass is 566 g/mol. The summed E-state index contributed by atoms with van der Waals surface area (Å²) in [5, 5.41) is 0.654. The van der Waals surface area contributed by atoms with E-state index in [2.05, 4.69) is 44.7 Å². The van der Waals surface area contributed by atoms with Gasteiger partial charge >= 0.3 is 0 Å². The first kappa shape index (κ1) is 29.5. The number of ether oxygens (including phenoxy) is 1. The smallest absolute Gasteiger partial charge is 0.260 e. The van der Waals surface area contributed by atoms with Crippen molar-refractivity contribution in [2.75, 3.05) is 57.4 Å². The van der Waals surface area contributed by atoms with E-state index in [0.29, 0.717) is 43.5 Å². The van der Waals surface area contributed by atoms with Crippen molar-refractivity contribution >= 4 is 55.0 Å². The lowest BCUT2D eigenvalue weighted by atomic mass is 10.1. The molecule has 11 heteroatoms. The van der Waals surface area contributed by atoms with Gasteiger partial charge in [-0.1, -0.05) is 31.3 Å². The second-order valence-electron chi connectivity index (χ2n) is 8.88. The molecular weight excluding hydrogens is 532 g/mol. The minimum Gasteiger partial charge on any atom is -0.379 e. The molecule has 1 fully saturated rings. The van der Waals surface area contributed by atoms with Crippen molar-refractivity contribution in [1.29, 1.82) is 0 Å². The summed E-state index contributed by atoms with van der Waals surface area (Å²) in [7, 11) is -3.62. The summed E-state index contributed by atoms with van der Waals surface area (Å²) in [4.78, 5) is 22.8. The van der Waals surface area contributed by atoms with E-state index in [1.807, 2.05) is 0 Å².